The molecule has 1 aliphatic carbocycles. The second-order valence-corrected chi connectivity index (χ2v) is 8.90. The average molecular weight is 434 g/mol. The highest BCUT2D eigenvalue weighted by Gasteiger charge is 2.43. The van der Waals surface area contributed by atoms with Crippen molar-refractivity contribution in [1.29, 1.82) is 0 Å². The number of nitrogens with zero attached hydrogens (tertiary/aromatic N) is 2. The zero-order valence-electron chi connectivity index (χ0n) is 18.1. The summed E-state index contributed by atoms with van der Waals surface area (Å²) < 4.78 is 7.38. The quantitative estimate of drug-likeness (QED) is 0.518. The SMILES string of the molecule is Cc1cc2c(cc1C)C(NC(=O)Nc1cccc3c1cnn3C(=O)O)CC1(CCCC1)O2. The van der Waals surface area contributed by atoms with Gasteiger partial charge < -0.3 is 20.5 Å². The minimum atomic E-state index is -1.17. The highest BCUT2D eigenvalue weighted by Crippen LogP contribution is 2.47. The number of ether oxygens (including phenoxy) is 1. The standard InChI is InChI=1S/C24H26N4O4/c1-14-10-16-19(12-24(8-3-4-9-24)32-21(16)11-15(14)2)27-22(29)26-18-6-5-7-20-17(18)13-25-28(20)23(30)31/h5-7,10-11,13,19H,3-4,8-9,12H2,1-2H3,(H,30,31)(H2,26,27,29). The van der Waals surface area contributed by atoms with Crippen molar-refractivity contribution in [1.82, 2.24) is 15.1 Å². The van der Waals surface area contributed by atoms with Crippen LogP contribution in [0.2, 0.25) is 0 Å². The summed E-state index contributed by atoms with van der Waals surface area (Å²) in [4.78, 5) is 24.4. The molecule has 3 aromatic rings. The molecule has 1 aliphatic heterocycles. The lowest BCUT2D eigenvalue weighted by Gasteiger charge is -2.40. The molecule has 32 heavy (non-hydrogen) atoms. The summed E-state index contributed by atoms with van der Waals surface area (Å²) in [5, 5.41) is 19.8. The molecule has 166 valence electrons. The van der Waals surface area contributed by atoms with Gasteiger partial charge in [-0.3, -0.25) is 0 Å². The minimum Gasteiger partial charge on any atom is -0.487 e. The van der Waals surface area contributed by atoms with Gasteiger partial charge in [-0.15, -0.1) is 0 Å². The second kappa shape index (κ2) is 7.55. The van der Waals surface area contributed by atoms with Gasteiger partial charge in [0, 0.05) is 17.4 Å². The first-order valence-corrected chi connectivity index (χ1v) is 10.9. The molecule has 8 nitrogen and oxygen atoms in total. The van der Waals surface area contributed by atoms with E-state index < -0.39 is 6.09 Å². The van der Waals surface area contributed by atoms with Crippen LogP contribution in [0, 0.1) is 13.8 Å². The van der Waals surface area contributed by atoms with Gasteiger partial charge in [0.1, 0.15) is 11.4 Å². The number of carbonyl (C=O) groups excluding carboxylic acids is 1. The van der Waals surface area contributed by atoms with Gasteiger partial charge in [-0.1, -0.05) is 12.1 Å². The molecule has 3 N–H and O–H groups in total. The van der Waals surface area contributed by atoms with Crippen molar-refractivity contribution < 1.29 is 19.4 Å². The fraction of sp³-hybridized carbons (Fsp3) is 0.375. The molecule has 1 atom stereocenters. The molecule has 1 fully saturated rings. The first kappa shape index (κ1) is 20.4. The Bertz CT molecular complexity index is 1230. The van der Waals surface area contributed by atoms with Gasteiger partial charge in [0.25, 0.3) is 0 Å². The first-order valence-electron chi connectivity index (χ1n) is 10.9. The normalized spacial score (nSPS) is 18.9. The van der Waals surface area contributed by atoms with Gasteiger partial charge in [0.15, 0.2) is 0 Å². The molecule has 2 aliphatic rings. The molecule has 8 heteroatoms. The summed E-state index contributed by atoms with van der Waals surface area (Å²) in [6.07, 6.45) is 5.26. The van der Waals surface area contributed by atoms with Crippen LogP contribution in [0.25, 0.3) is 10.9 Å². The number of aryl methyl sites for hydroxylation is 2. The third kappa shape index (κ3) is 3.45. The second-order valence-electron chi connectivity index (χ2n) is 8.90. The number of amides is 2. The van der Waals surface area contributed by atoms with Gasteiger partial charge in [-0.2, -0.15) is 9.78 Å². The number of benzene rings is 2. The van der Waals surface area contributed by atoms with Crippen molar-refractivity contribution in [2.45, 2.75) is 57.6 Å². The Morgan fingerprint density at radius 3 is 2.69 bits per heavy atom. The van der Waals surface area contributed by atoms with Crippen LogP contribution in [0.1, 0.15) is 54.8 Å². The molecule has 0 radical (unpaired) electrons. The zero-order valence-corrected chi connectivity index (χ0v) is 18.1. The Balaban J connectivity index is 1.42. The van der Waals surface area contributed by atoms with E-state index >= 15 is 0 Å². The molecule has 0 bridgehead atoms. The van der Waals surface area contributed by atoms with E-state index in [9.17, 15) is 14.7 Å². The molecule has 5 rings (SSSR count). The topological polar surface area (TPSA) is 105 Å². The number of urea groups is 1. The molecular formula is C24H26N4O4. The van der Waals surface area contributed by atoms with Crippen molar-refractivity contribution in [2.24, 2.45) is 0 Å². The van der Waals surface area contributed by atoms with Crippen LogP contribution in [0.3, 0.4) is 0 Å². The van der Waals surface area contributed by atoms with E-state index in [1.165, 1.54) is 11.8 Å². The fourth-order valence-corrected chi connectivity index (χ4v) is 5.01. The molecular weight excluding hydrogens is 408 g/mol. The van der Waals surface area contributed by atoms with E-state index in [0.29, 0.717) is 16.6 Å². The summed E-state index contributed by atoms with van der Waals surface area (Å²) in [5.74, 6) is 0.858. The van der Waals surface area contributed by atoms with E-state index in [-0.39, 0.29) is 17.7 Å². The van der Waals surface area contributed by atoms with Crippen molar-refractivity contribution >= 4 is 28.7 Å². The Hall–Kier alpha value is -3.55. The molecule has 1 unspecified atom stereocenters. The van der Waals surface area contributed by atoms with E-state index in [0.717, 1.165) is 53.7 Å². The van der Waals surface area contributed by atoms with Crippen molar-refractivity contribution in [3.63, 3.8) is 0 Å². The lowest BCUT2D eigenvalue weighted by atomic mass is 9.85. The van der Waals surface area contributed by atoms with Gasteiger partial charge in [0.05, 0.1) is 23.4 Å². The number of carbonyl (C=O) groups is 2. The Morgan fingerprint density at radius 1 is 1.19 bits per heavy atom. The zero-order chi connectivity index (χ0) is 22.5. The minimum absolute atomic E-state index is 0.169. The summed E-state index contributed by atoms with van der Waals surface area (Å²) >= 11 is 0. The van der Waals surface area contributed by atoms with Crippen LogP contribution in [-0.2, 0) is 0 Å². The predicted molar refractivity (Wildman–Crippen MR) is 120 cm³/mol. The number of aromatic nitrogens is 2. The highest BCUT2D eigenvalue weighted by atomic mass is 16.5. The van der Waals surface area contributed by atoms with Gasteiger partial charge in [0.2, 0.25) is 0 Å². The number of hydrogen-bond donors (Lipinski definition) is 3. The smallest absolute Gasteiger partial charge is 0.432 e. The van der Waals surface area contributed by atoms with Crippen molar-refractivity contribution in [3.05, 3.63) is 53.2 Å². The molecule has 2 amide bonds. The predicted octanol–water partition coefficient (Wildman–Crippen LogP) is 5.14. The lowest BCUT2D eigenvalue weighted by Crippen LogP contribution is -2.44. The lowest BCUT2D eigenvalue weighted by molar-refractivity contribution is 0.0387. The van der Waals surface area contributed by atoms with E-state index in [4.69, 9.17) is 4.74 Å². The number of rotatable bonds is 2. The number of nitrogens with one attached hydrogen (secondary N) is 2. The van der Waals surface area contributed by atoms with E-state index in [1.807, 2.05) is 0 Å². The third-order valence-electron chi connectivity index (χ3n) is 6.77. The third-order valence-corrected chi connectivity index (χ3v) is 6.77. The Labute approximate surface area is 185 Å². The number of anilines is 1. The summed E-state index contributed by atoms with van der Waals surface area (Å²) in [5.41, 5.74) is 4.03. The summed E-state index contributed by atoms with van der Waals surface area (Å²) in [6.45, 7) is 4.13. The first-order chi connectivity index (χ1) is 15.3. The molecule has 1 saturated carbocycles. The van der Waals surface area contributed by atoms with Gasteiger partial charge >= 0.3 is 12.1 Å². The molecule has 2 aromatic carbocycles. The van der Waals surface area contributed by atoms with Crippen LogP contribution in [0.5, 0.6) is 5.75 Å². The van der Waals surface area contributed by atoms with Crippen molar-refractivity contribution in [2.75, 3.05) is 5.32 Å². The number of hydrogen-bond acceptors (Lipinski definition) is 4. The summed E-state index contributed by atoms with van der Waals surface area (Å²) in [6, 6.07) is 8.76. The van der Waals surface area contributed by atoms with E-state index in [1.54, 1.807) is 18.2 Å². The molecule has 1 spiro atoms. The van der Waals surface area contributed by atoms with Crippen LogP contribution >= 0.6 is 0 Å². The van der Waals surface area contributed by atoms with E-state index in [2.05, 4.69) is 41.7 Å². The van der Waals surface area contributed by atoms with Crippen LogP contribution in [0.15, 0.2) is 36.5 Å². The Morgan fingerprint density at radius 2 is 1.94 bits per heavy atom. The van der Waals surface area contributed by atoms with Crippen molar-refractivity contribution in [3.8, 4) is 5.75 Å². The molecule has 2 heterocycles. The molecule has 0 saturated heterocycles. The largest absolute Gasteiger partial charge is 0.487 e. The number of carboxylic acid groups (broad SMARTS) is 1. The van der Waals surface area contributed by atoms with Crippen LogP contribution in [-0.4, -0.2) is 32.6 Å². The fourth-order valence-electron chi connectivity index (χ4n) is 5.01. The number of fused-ring (bicyclic) bond motifs is 2. The van der Waals surface area contributed by atoms with Crippen LogP contribution in [0.4, 0.5) is 15.3 Å². The highest BCUT2D eigenvalue weighted by molar-refractivity contribution is 6.02. The molecule has 1 aromatic heterocycles. The van der Waals surface area contributed by atoms with Gasteiger partial charge in [-0.05, 0) is 68.9 Å². The maximum atomic E-state index is 13.0. The summed E-state index contributed by atoms with van der Waals surface area (Å²) in [7, 11) is 0. The monoisotopic (exact) mass is 434 g/mol. The van der Waals surface area contributed by atoms with Crippen LogP contribution < -0.4 is 15.4 Å². The maximum Gasteiger partial charge on any atom is 0.432 e. The Kier molecular flexibility index (Phi) is 4.80. The van der Waals surface area contributed by atoms with Gasteiger partial charge in [-0.25, -0.2) is 9.59 Å². The maximum absolute atomic E-state index is 13.0. The average Bonchev–Trinajstić information content (AvgIpc) is 3.37.